The van der Waals surface area contributed by atoms with Gasteiger partial charge in [-0.05, 0) is 52.9 Å². The van der Waals surface area contributed by atoms with Gasteiger partial charge in [0, 0.05) is 24.7 Å². The molecule has 2 rings (SSSR count). The number of carbonyl (C=O) groups is 1. The van der Waals surface area contributed by atoms with Gasteiger partial charge in [0.2, 0.25) is 0 Å². The minimum Gasteiger partial charge on any atom is -0.465 e. The summed E-state index contributed by atoms with van der Waals surface area (Å²) in [5.74, 6) is 3.88. The average molecular weight is 391 g/mol. The van der Waals surface area contributed by atoms with Crippen molar-refractivity contribution in [1.82, 2.24) is 0 Å². The summed E-state index contributed by atoms with van der Waals surface area (Å²) in [5.41, 5.74) is -0.318. The van der Waals surface area contributed by atoms with Crippen LogP contribution in [-0.4, -0.2) is 35.5 Å². The van der Waals surface area contributed by atoms with Crippen LogP contribution >= 0.6 is 0 Å². The Kier molecular flexibility index (Phi) is 7.05. The van der Waals surface area contributed by atoms with E-state index in [1.54, 1.807) is 0 Å². The SMILES string of the molecule is C#CC[C@H]1O[C@@H]([C@](C)(O)CCOC(=O)C(C)(C)C)[C@H]2[C@@H]1C(C)=CC[C@@H]2C(C)C. The lowest BCUT2D eigenvalue weighted by Crippen LogP contribution is -2.48. The van der Waals surface area contributed by atoms with Gasteiger partial charge >= 0.3 is 5.97 Å². The second-order valence-corrected chi connectivity index (χ2v) is 10.2. The Bertz CT molecular complexity index is 632. The van der Waals surface area contributed by atoms with Crippen molar-refractivity contribution in [2.45, 2.75) is 85.5 Å². The summed E-state index contributed by atoms with van der Waals surface area (Å²) < 4.78 is 11.8. The molecule has 1 saturated heterocycles. The van der Waals surface area contributed by atoms with Gasteiger partial charge in [0.15, 0.2) is 0 Å². The largest absolute Gasteiger partial charge is 0.465 e. The maximum absolute atomic E-state index is 12.1. The number of esters is 1. The van der Waals surface area contributed by atoms with Crippen LogP contribution in [-0.2, 0) is 14.3 Å². The molecule has 1 aliphatic carbocycles. The molecule has 0 amide bonds. The fraction of sp³-hybridized carbons (Fsp3) is 0.792. The molecule has 4 heteroatoms. The zero-order chi connectivity index (χ0) is 21.3. The van der Waals surface area contributed by atoms with Gasteiger partial charge in [0.25, 0.3) is 0 Å². The van der Waals surface area contributed by atoms with Gasteiger partial charge in [-0.1, -0.05) is 25.5 Å². The predicted molar refractivity (Wildman–Crippen MR) is 111 cm³/mol. The molecule has 1 aliphatic heterocycles. The summed E-state index contributed by atoms with van der Waals surface area (Å²) in [6.45, 7) is 14.1. The van der Waals surface area contributed by atoms with Crippen molar-refractivity contribution in [1.29, 1.82) is 0 Å². The summed E-state index contributed by atoms with van der Waals surface area (Å²) in [5, 5.41) is 11.4. The smallest absolute Gasteiger partial charge is 0.311 e. The van der Waals surface area contributed by atoms with Gasteiger partial charge < -0.3 is 14.6 Å². The van der Waals surface area contributed by atoms with Crippen LogP contribution in [0.2, 0.25) is 0 Å². The van der Waals surface area contributed by atoms with Crippen LogP contribution < -0.4 is 0 Å². The van der Waals surface area contributed by atoms with Crippen LogP contribution in [0.25, 0.3) is 0 Å². The van der Waals surface area contributed by atoms with Gasteiger partial charge in [-0.25, -0.2) is 0 Å². The van der Waals surface area contributed by atoms with Crippen LogP contribution in [0.4, 0.5) is 0 Å². The monoisotopic (exact) mass is 390 g/mol. The highest BCUT2D eigenvalue weighted by molar-refractivity contribution is 5.75. The van der Waals surface area contributed by atoms with E-state index in [4.69, 9.17) is 15.9 Å². The van der Waals surface area contributed by atoms with Crippen molar-refractivity contribution in [2.24, 2.45) is 29.1 Å². The molecule has 1 fully saturated rings. The number of hydrogen-bond acceptors (Lipinski definition) is 4. The number of allylic oxidation sites excluding steroid dienone is 1. The van der Waals surface area contributed by atoms with Crippen molar-refractivity contribution >= 4 is 5.97 Å². The first-order valence-electron chi connectivity index (χ1n) is 10.5. The van der Waals surface area contributed by atoms with E-state index in [9.17, 15) is 9.90 Å². The first-order valence-corrected chi connectivity index (χ1v) is 10.5. The predicted octanol–water partition coefficient (Wildman–Crippen LogP) is 4.36. The molecule has 0 aromatic carbocycles. The Morgan fingerprint density at radius 1 is 1.39 bits per heavy atom. The fourth-order valence-corrected chi connectivity index (χ4v) is 4.78. The molecule has 158 valence electrons. The molecule has 2 aliphatic rings. The molecule has 6 atom stereocenters. The second kappa shape index (κ2) is 8.59. The molecule has 0 aromatic rings. The van der Waals surface area contributed by atoms with Crippen molar-refractivity contribution < 1.29 is 19.4 Å². The van der Waals surface area contributed by atoms with Gasteiger partial charge in [-0.3, -0.25) is 4.79 Å². The van der Waals surface area contributed by atoms with Crippen LogP contribution in [0, 0.1) is 41.4 Å². The average Bonchev–Trinajstić information content (AvgIpc) is 2.95. The minimum atomic E-state index is -1.09. The van der Waals surface area contributed by atoms with Crippen molar-refractivity contribution in [3.8, 4) is 12.3 Å². The Labute approximate surface area is 171 Å². The van der Waals surface area contributed by atoms with Crippen molar-refractivity contribution in [3.63, 3.8) is 0 Å². The van der Waals surface area contributed by atoms with Gasteiger partial charge in [0.1, 0.15) is 0 Å². The fourth-order valence-electron chi connectivity index (χ4n) is 4.78. The van der Waals surface area contributed by atoms with Gasteiger partial charge in [0.05, 0.1) is 29.8 Å². The Balaban J connectivity index is 2.20. The van der Waals surface area contributed by atoms with Crippen LogP contribution in [0.15, 0.2) is 11.6 Å². The summed E-state index contributed by atoms with van der Waals surface area (Å²) in [6.07, 6.45) is 9.44. The zero-order valence-corrected chi connectivity index (χ0v) is 18.6. The first kappa shape index (κ1) is 23.0. The number of rotatable bonds is 6. The third-order valence-corrected chi connectivity index (χ3v) is 6.46. The molecule has 28 heavy (non-hydrogen) atoms. The van der Waals surface area contributed by atoms with Crippen molar-refractivity contribution in [2.75, 3.05) is 6.61 Å². The number of ether oxygens (including phenoxy) is 2. The molecular weight excluding hydrogens is 352 g/mol. The van der Waals surface area contributed by atoms with E-state index in [1.165, 1.54) is 5.57 Å². The highest BCUT2D eigenvalue weighted by atomic mass is 16.5. The number of carbonyl (C=O) groups excluding carboxylic acids is 1. The van der Waals surface area contributed by atoms with Gasteiger partial charge in [-0.15, -0.1) is 12.3 Å². The number of fused-ring (bicyclic) bond motifs is 1. The van der Waals surface area contributed by atoms with E-state index >= 15 is 0 Å². The minimum absolute atomic E-state index is 0.0681. The molecule has 0 saturated carbocycles. The Hall–Kier alpha value is -1.31. The molecule has 0 radical (unpaired) electrons. The molecule has 4 nitrogen and oxygen atoms in total. The molecule has 0 spiro atoms. The quantitative estimate of drug-likeness (QED) is 0.416. The normalized spacial score (nSPS) is 32.3. The lowest BCUT2D eigenvalue weighted by molar-refractivity contribution is -0.158. The third kappa shape index (κ3) is 4.81. The highest BCUT2D eigenvalue weighted by Gasteiger charge is 2.55. The van der Waals surface area contributed by atoms with Crippen LogP contribution in [0.1, 0.15) is 67.7 Å². The Morgan fingerprint density at radius 2 is 2.04 bits per heavy atom. The zero-order valence-electron chi connectivity index (χ0n) is 18.6. The van der Waals surface area contributed by atoms with E-state index < -0.39 is 11.0 Å². The van der Waals surface area contributed by atoms with Crippen LogP contribution in [0.3, 0.4) is 0 Å². The Morgan fingerprint density at radius 3 is 2.57 bits per heavy atom. The topological polar surface area (TPSA) is 55.8 Å². The van der Waals surface area contributed by atoms with E-state index in [2.05, 4.69) is 32.8 Å². The summed E-state index contributed by atoms with van der Waals surface area (Å²) in [7, 11) is 0. The lowest BCUT2D eigenvalue weighted by atomic mass is 9.63. The van der Waals surface area contributed by atoms with Crippen LogP contribution in [0.5, 0.6) is 0 Å². The maximum Gasteiger partial charge on any atom is 0.311 e. The highest BCUT2D eigenvalue weighted by Crippen LogP contribution is 2.52. The third-order valence-electron chi connectivity index (χ3n) is 6.46. The summed E-state index contributed by atoms with van der Waals surface area (Å²) in [6, 6.07) is 0. The van der Waals surface area contributed by atoms with Gasteiger partial charge in [-0.2, -0.15) is 0 Å². The number of terminal acetylenes is 1. The molecule has 1 N–H and O–H groups in total. The van der Waals surface area contributed by atoms with E-state index in [0.29, 0.717) is 24.7 Å². The second-order valence-electron chi connectivity index (χ2n) is 10.2. The molecule has 0 unspecified atom stereocenters. The first-order chi connectivity index (χ1) is 12.9. The summed E-state index contributed by atoms with van der Waals surface area (Å²) >= 11 is 0. The number of hydrogen-bond donors (Lipinski definition) is 1. The molecule has 1 heterocycles. The van der Waals surface area contributed by atoms with E-state index in [0.717, 1.165) is 6.42 Å². The molecular formula is C24H38O4. The molecule has 0 aromatic heterocycles. The standard InChI is InChI=1S/C24H38O4/c1-9-10-18-19-16(4)11-12-17(15(2)3)20(19)21(28-18)24(8,26)13-14-27-22(25)23(5,6)7/h1,11,15,17-21,26H,10,12-14H2,2-8H3/t17-,18-,19-,20-,21-,24-/m1/s1. The number of aliphatic hydroxyl groups is 1. The van der Waals surface area contributed by atoms with E-state index in [1.807, 2.05) is 27.7 Å². The summed E-state index contributed by atoms with van der Waals surface area (Å²) in [4.78, 5) is 12.1. The van der Waals surface area contributed by atoms with Crippen molar-refractivity contribution in [3.05, 3.63) is 11.6 Å². The lowest BCUT2D eigenvalue weighted by Gasteiger charge is -2.42. The molecule has 0 bridgehead atoms. The van der Waals surface area contributed by atoms with E-state index in [-0.39, 0.29) is 36.6 Å². The maximum atomic E-state index is 12.1.